The maximum atomic E-state index is 14.1. The van der Waals surface area contributed by atoms with Gasteiger partial charge >= 0.3 is 0 Å². The molecule has 1 aromatic rings. The number of benzene rings is 1. The molecule has 0 unspecified atom stereocenters. The molecular weight excluding hydrogens is 325 g/mol. The molecule has 1 fully saturated rings. The predicted octanol–water partition coefficient (Wildman–Crippen LogP) is 2.76. The quantitative estimate of drug-likeness (QED) is 0.657. The lowest BCUT2D eigenvalue weighted by Crippen LogP contribution is -2.46. The Bertz CT molecular complexity index is 565. The molecule has 1 aliphatic rings. The molecule has 0 radical (unpaired) electrons. The molecule has 0 saturated carbocycles. The fraction of sp³-hybridized carbons (Fsp3) is 0.533. The van der Waals surface area contributed by atoms with Crippen molar-refractivity contribution in [1.29, 1.82) is 0 Å². The molecule has 128 valence electrons. The Kier molecular flexibility index (Phi) is 7.38. The summed E-state index contributed by atoms with van der Waals surface area (Å²) in [7, 11) is 0. The van der Waals surface area contributed by atoms with Crippen LogP contribution in [0.2, 0.25) is 0 Å². The van der Waals surface area contributed by atoms with Gasteiger partial charge < -0.3 is 10.2 Å². The number of piperidine rings is 1. The summed E-state index contributed by atoms with van der Waals surface area (Å²) in [4.78, 5) is 24.3. The summed E-state index contributed by atoms with van der Waals surface area (Å²) in [6.07, 6.45) is 2.45. The van der Waals surface area contributed by atoms with Crippen LogP contribution in [0, 0.1) is 15.9 Å². The average molecular weight is 346 g/mol. The molecule has 0 spiro atoms. The minimum Gasteiger partial charge on any atom is -0.335 e. The van der Waals surface area contributed by atoms with Gasteiger partial charge in [0, 0.05) is 18.7 Å². The molecular formula is C15H21ClFN3O3. The smallest absolute Gasteiger partial charge is 0.272 e. The molecule has 8 heteroatoms. The van der Waals surface area contributed by atoms with Crippen LogP contribution in [-0.4, -0.2) is 41.4 Å². The van der Waals surface area contributed by atoms with Crippen molar-refractivity contribution in [3.63, 3.8) is 0 Å². The van der Waals surface area contributed by atoms with Crippen molar-refractivity contribution in [1.82, 2.24) is 10.2 Å². The van der Waals surface area contributed by atoms with Crippen LogP contribution >= 0.6 is 12.4 Å². The van der Waals surface area contributed by atoms with Crippen LogP contribution in [0.3, 0.4) is 0 Å². The normalized spacial score (nSPS) is 14.9. The Morgan fingerprint density at radius 1 is 1.43 bits per heavy atom. The molecule has 23 heavy (non-hydrogen) atoms. The van der Waals surface area contributed by atoms with Crippen LogP contribution in [0.25, 0.3) is 0 Å². The maximum absolute atomic E-state index is 14.1. The Balaban J connectivity index is 0.00000264. The number of rotatable bonds is 5. The van der Waals surface area contributed by atoms with Gasteiger partial charge in [0.1, 0.15) is 5.82 Å². The topological polar surface area (TPSA) is 75.5 Å². The first-order chi connectivity index (χ1) is 10.5. The number of carbonyl (C=O) groups excluding carboxylic acids is 1. The van der Waals surface area contributed by atoms with E-state index in [0.717, 1.165) is 38.4 Å². The number of carbonyl (C=O) groups is 1. The maximum Gasteiger partial charge on any atom is 0.272 e. The first-order valence-electron chi connectivity index (χ1n) is 7.50. The van der Waals surface area contributed by atoms with E-state index in [1.54, 1.807) is 4.90 Å². The van der Waals surface area contributed by atoms with Crippen LogP contribution in [0.1, 0.15) is 36.5 Å². The molecule has 0 bridgehead atoms. The van der Waals surface area contributed by atoms with Crippen molar-refractivity contribution in [2.75, 3.05) is 19.6 Å². The fourth-order valence-electron chi connectivity index (χ4n) is 2.75. The summed E-state index contributed by atoms with van der Waals surface area (Å²) in [6, 6.07) is 3.27. The van der Waals surface area contributed by atoms with Crippen molar-refractivity contribution in [3.05, 3.63) is 39.7 Å². The minimum atomic E-state index is -0.839. The Labute approximate surface area is 140 Å². The van der Waals surface area contributed by atoms with E-state index in [0.29, 0.717) is 6.54 Å². The largest absolute Gasteiger partial charge is 0.335 e. The number of hydrogen-bond donors (Lipinski definition) is 1. The average Bonchev–Trinajstić information content (AvgIpc) is 2.52. The summed E-state index contributed by atoms with van der Waals surface area (Å²) in [5.41, 5.74) is -0.449. The van der Waals surface area contributed by atoms with Crippen LogP contribution < -0.4 is 5.32 Å². The Morgan fingerprint density at radius 2 is 2.09 bits per heavy atom. The van der Waals surface area contributed by atoms with E-state index in [1.165, 1.54) is 12.1 Å². The number of nitro benzene ring substituents is 1. The molecule has 1 aliphatic heterocycles. The number of halogens is 2. The number of nitrogens with one attached hydrogen (secondary N) is 1. The van der Waals surface area contributed by atoms with E-state index in [9.17, 15) is 19.3 Å². The Hall–Kier alpha value is -1.73. The third-order valence-corrected chi connectivity index (χ3v) is 3.87. The van der Waals surface area contributed by atoms with Crippen LogP contribution in [0.4, 0.5) is 10.1 Å². The van der Waals surface area contributed by atoms with E-state index in [-0.39, 0.29) is 35.6 Å². The number of nitro groups is 1. The SMILES string of the molecule is CCCN(C(=O)c1ccc([N+](=O)[O-])cc1F)C1CCNCC1.Cl. The summed E-state index contributed by atoms with van der Waals surface area (Å²) < 4.78 is 14.1. The van der Waals surface area contributed by atoms with Crippen LogP contribution in [0.15, 0.2) is 18.2 Å². The van der Waals surface area contributed by atoms with Gasteiger partial charge in [-0.25, -0.2) is 4.39 Å². The third kappa shape index (κ3) is 4.62. The first kappa shape index (κ1) is 19.3. The Morgan fingerprint density at radius 3 is 2.61 bits per heavy atom. The third-order valence-electron chi connectivity index (χ3n) is 3.87. The van der Waals surface area contributed by atoms with Gasteiger partial charge in [-0.2, -0.15) is 0 Å². The molecule has 6 nitrogen and oxygen atoms in total. The molecule has 0 aromatic heterocycles. The van der Waals surface area contributed by atoms with Gasteiger partial charge in [0.05, 0.1) is 16.6 Å². The second kappa shape index (κ2) is 8.79. The standard InChI is InChI=1S/C15H20FN3O3.ClH/c1-2-9-18(11-5-7-17-8-6-11)15(20)13-4-3-12(19(21)22)10-14(13)16;/h3-4,10-11,17H,2,5-9H2,1H3;1H. The molecule has 1 amide bonds. The van der Waals surface area contributed by atoms with Crippen molar-refractivity contribution in [3.8, 4) is 0 Å². The van der Waals surface area contributed by atoms with Gasteiger partial charge in [-0.05, 0) is 38.4 Å². The lowest BCUT2D eigenvalue weighted by atomic mass is 10.0. The second-order valence-corrected chi connectivity index (χ2v) is 5.40. The summed E-state index contributed by atoms with van der Waals surface area (Å²) in [5.74, 6) is -1.23. The zero-order chi connectivity index (χ0) is 16.1. The number of hydrogen-bond acceptors (Lipinski definition) is 4. The van der Waals surface area contributed by atoms with E-state index in [4.69, 9.17) is 0 Å². The monoisotopic (exact) mass is 345 g/mol. The van der Waals surface area contributed by atoms with E-state index in [2.05, 4.69) is 5.32 Å². The fourth-order valence-corrected chi connectivity index (χ4v) is 2.75. The highest BCUT2D eigenvalue weighted by Gasteiger charge is 2.27. The lowest BCUT2D eigenvalue weighted by molar-refractivity contribution is -0.385. The summed E-state index contributed by atoms with van der Waals surface area (Å²) >= 11 is 0. The van der Waals surface area contributed by atoms with Gasteiger partial charge in [0.25, 0.3) is 11.6 Å². The summed E-state index contributed by atoms with van der Waals surface area (Å²) in [5, 5.41) is 13.9. The number of non-ortho nitro benzene ring substituents is 1. The van der Waals surface area contributed by atoms with Gasteiger partial charge in [0.15, 0.2) is 0 Å². The van der Waals surface area contributed by atoms with Crippen molar-refractivity contribution in [2.45, 2.75) is 32.2 Å². The molecule has 1 N–H and O–H groups in total. The molecule has 0 aliphatic carbocycles. The minimum absolute atomic E-state index is 0. The first-order valence-corrected chi connectivity index (χ1v) is 7.50. The van der Waals surface area contributed by atoms with Gasteiger partial charge in [0.2, 0.25) is 0 Å². The summed E-state index contributed by atoms with van der Waals surface area (Å²) in [6.45, 7) is 4.19. The highest BCUT2D eigenvalue weighted by molar-refractivity contribution is 5.95. The zero-order valence-corrected chi connectivity index (χ0v) is 13.8. The highest BCUT2D eigenvalue weighted by Crippen LogP contribution is 2.21. The van der Waals surface area contributed by atoms with Gasteiger partial charge in [-0.15, -0.1) is 12.4 Å². The van der Waals surface area contributed by atoms with E-state index < -0.39 is 10.7 Å². The lowest BCUT2D eigenvalue weighted by Gasteiger charge is -2.34. The van der Waals surface area contributed by atoms with E-state index >= 15 is 0 Å². The van der Waals surface area contributed by atoms with Gasteiger partial charge in [-0.3, -0.25) is 14.9 Å². The number of nitrogens with zero attached hydrogens (tertiary/aromatic N) is 2. The predicted molar refractivity (Wildman–Crippen MR) is 87.5 cm³/mol. The van der Waals surface area contributed by atoms with Crippen LogP contribution in [-0.2, 0) is 0 Å². The molecule has 1 saturated heterocycles. The number of amides is 1. The van der Waals surface area contributed by atoms with Crippen molar-refractivity contribution >= 4 is 24.0 Å². The molecule has 1 aromatic carbocycles. The molecule has 1 heterocycles. The van der Waals surface area contributed by atoms with Crippen molar-refractivity contribution in [2.24, 2.45) is 0 Å². The van der Waals surface area contributed by atoms with E-state index in [1.807, 2.05) is 6.92 Å². The van der Waals surface area contributed by atoms with Crippen molar-refractivity contribution < 1.29 is 14.1 Å². The van der Waals surface area contributed by atoms with Gasteiger partial charge in [-0.1, -0.05) is 6.92 Å². The zero-order valence-electron chi connectivity index (χ0n) is 13.0. The molecule has 2 rings (SSSR count). The van der Waals surface area contributed by atoms with Crippen LogP contribution in [0.5, 0.6) is 0 Å². The highest BCUT2D eigenvalue weighted by atomic mass is 35.5. The molecule has 0 atom stereocenters. The second-order valence-electron chi connectivity index (χ2n) is 5.40.